The molecule has 0 spiro atoms. The van der Waals surface area contributed by atoms with Crippen molar-refractivity contribution in [2.24, 2.45) is 11.7 Å². The lowest BCUT2D eigenvalue weighted by atomic mass is 9.94. The Labute approximate surface area is 121 Å². The van der Waals surface area contributed by atoms with Crippen molar-refractivity contribution in [2.45, 2.75) is 33.2 Å². The van der Waals surface area contributed by atoms with Crippen molar-refractivity contribution in [3.8, 4) is 0 Å². The van der Waals surface area contributed by atoms with Crippen LogP contribution >= 0.6 is 0 Å². The molecule has 0 saturated carbocycles. The molecular formula is C16H25N3O. The van der Waals surface area contributed by atoms with E-state index in [0.29, 0.717) is 12.5 Å². The van der Waals surface area contributed by atoms with Crippen molar-refractivity contribution in [2.75, 3.05) is 25.0 Å². The monoisotopic (exact) mass is 275 g/mol. The number of nitrogens with two attached hydrogens (primary N) is 1. The Morgan fingerprint density at radius 2 is 2.20 bits per heavy atom. The number of anilines is 1. The first kappa shape index (κ1) is 15.0. The summed E-state index contributed by atoms with van der Waals surface area (Å²) in [5.41, 5.74) is 9.22. The number of nitrogens with zero attached hydrogens (tertiary/aromatic N) is 1. The zero-order chi connectivity index (χ0) is 14.7. The number of carbonyl (C=O) groups excluding carboxylic acids is 1. The summed E-state index contributed by atoms with van der Waals surface area (Å²) >= 11 is 0. The molecule has 1 aromatic rings. The van der Waals surface area contributed by atoms with Gasteiger partial charge in [-0.1, -0.05) is 19.1 Å². The molecule has 110 valence electrons. The Hall–Kier alpha value is -1.39. The van der Waals surface area contributed by atoms with Gasteiger partial charge < -0.3 is 11.1 Å². The molecule has 1 saturated heterocycles. The van der Waals surface area contributed by atoms with Crippen molar-refractivity contribution in [1.29, 1.82) is 0 Å². The second-order valence-electron chi connectivity index (χ2n) is 6.03. The van der Waals surface area contributed by atoms with Gasteiger partial charge in [-0.2, -0.15) is 0 Å². The maximum Gasteiger partial charge on any atom is 0.238 e. The number of hydrogen-bond donors (Lipinski definition) is 2. The van der Waals surface area contributed by atoms with E-state index in [-0.39, 0.29) is 11.9 Å². The van der Waals surface area contributed by atoms with Gasteiger partial charge in [-0.05, 0) is 49.9 Å². The first-order valence-electron chi connectivity index (χ1n) is 7.30. The van der Waals surface area contributed by atoms with Gasteiger partial charge in [0.15, 0.2) is 0 Å². The van der Waals surface area contributed by atoms with Crippen molar-refractivity contribution in [3.63, 3.8) is 0 Å². The molecule has 0 bridgehead atoms. The van der Waals surface area contributed by atoms with Gasteiger partial charge >= 0.3 is 0 Å². The summed E-state index contributed by atoms with van der Waals surface area (Å²) in [6.07, 6.45) is 1.07. The molecule has 1 aliphatic heterocycles. The number of rotatable bonds is 3. The fourth-order valence-electron chi connectivity index (χ4n) is 2.58. The van der Waals surface area contributed by atoms with E-state index in [1.165, 1.54) is 0 Å². The predicted molar refractivity (Wildman–Crippen MR) is 82.7 cm³/mol. The van der Waals surface area contributed by atoms with Crippen LogP contribution in [0.25, 0.3) is 0 Å². The molecule has 1 fully saturated rings. The van der Waals surface area contributed by atoms with Gasteiger partial charge in [0.25, 0.3) is 0 Å². The van der Waals surface area contributed by atoms with Crippen molar-refractivity contribution < 1.29 is 4.79 Å². The molecule has 1 amide bonds. The second kappa shape index (κ2) is 6.37. The van der Waals surface area contributed by atoms with Crippen LogP contribution in [0, 0.1) is 19.8 Å². The van der Waals surface area contributed by atoms with Gasteiger partial charge in [0.2, 0.25) is 5.91 Å². The largest absolute Gasteiger partial charge is 0.326 e. The van der Waals surface area contributed by atoms with Crippen molar-refractivity contribution >= 4 is 11.6 Å². The molecule has 1 aliphatic rings. The highest BCUT2D eigenvalue weighted by Crippen LogP contribution is 2.18. The lowest BCUT2D eigenvalue weighted by Gasteiger charge is -2.34. The molecule has 0 aliphatic carbocycles. The molecule has 0 radical (unpaired) electrons. The number of amides is 1. The molecule has 2 atom stereocenters. The molecule has 2 rings (SSSR count). The molecule has 2 unspecified atom stereocenters. The third kappa shape index (κ3) is 3.81. The number of hydrogen-bond acceptors (Lipinski definition) is 3. The number of likely N-dealkylation sites (tertiary alicyclic amines) is 1. The van der Waals surface area contributed by atoms with Gasteiger partial charge in [0.1, 0.15) is 0 Å². The van der Waals surface area contributed by atoms with E-state index in [0.717, 1.165) is 36.3 Å². The smallest absolute Gasteiger partial charge is 0.238 e. The molecule has 4 nitrogen and oxygen atoms in total. The van der Waals surface area contributed by atoms with Gasteiger partial charge in [-0.3, -0.25) is 9.69 Å². The first-order valence-corrected chi connectivity index (χ1v) is 7.30. The van der Waals surface area contributed by atoms with E-state index in [1.807, 2.05) is 26.0 Å². The highest BCUT2D eigenvalue weighted by molar-refractivity contribution is 5.93. The molecule has 3 N–H and O–H groups in total. The zero-order valence-electron chi connectivity index (χ0n) is 12.6. The van der Waals surface area contributed by atoms with E-state index in [1.54, 1.807) is 0 Å². The summed E-state index contributed by atoms with van der Waals surface area (Å²) in [5.74, 6) is 0.591. The van der Waals surface area contributed by atoms with Crippen LogP contribution in [-0.2, 0) is 4.79 Å². The summed E-state index contributed by atoms with van der Waals surface area (Å²) in [7, 11) is 0. The van der Waals surface area contributed by atoms with Crippen LogP contribution in [0.5, 0.6) is 0 Å². The van der Waals surface area contributed by atoms with Crippen LogP contribution in [0.2, 0.25) is 0 Å². The third-order valence-electron chi connectivity index (χ3n) is 4.13. The Balaban J connectivity index is 1.91. The summed E-state index contributed by atoms with van der Waals surface area (Å²) in [6, 6.07) is 6.27. The average Bonchev–Trinajstić information content (AvgIpc) is 2.38. The van der Waals surface area contributed by atoms with Crippen LogP contribution in [0.3, 0.4) is 0 Å². The molecule has 0 aromatic heterocycles. The van der Waals surface area contributed by atoms with E-state index in [9.17, 15) is 4.79 Å². The average molecular weight is 275 g/mol. The summed E-state index contributed by atoms with van der Waals surface area (Å²) < 4.78 is 0. The Morgan fingerprint density at radius 3 is 2.90 bits per heavy atom. The number of carbonyl (C=O) groups is 1. The van der Waals surface area contributed by atoms with Crippen LogP contribution in [0.15, 0.2) is 18.2 Å². The standard InChI is InChI=1S/C16H25N3O/c1-11-4-5-13(3)15(8-11)18-16(20)10-19-7-6-12(2)14(17)9-19/h4-5,8,12,14H,6-7,9-10,17H2,1-3H3,(H,18,20). The predicted octanol–water partition coefficient (Wildman–Crippen LogP) is 1.91. The molecule has 4 heteroatoms. The maximum atomic E-state index is 12.1. The maximum absolute atomic E-state index is 12.1. The topological polar surface area (TPSA) is 58.4 Å². The highest BCUT2D eigenvalue weighted by Gasteiger charge is 2.24. The van der Waals surface area contributed by atoms with Gasteiger partial charge in [-0.25, -0.2) is 0 Å². The van der Waals surface area contributed by atoms with Crippen LogP contribution in [-0.4, -0.2) is 36.5 Å². The molecule has 1 aromatic carbocycles. The fourth-order valence-corrected chi connectivity index (χ4v) is 2.58. The SMILES string of the molecule is Cc1ccc(C)c(NC(=O)CN2CCC(C)C(N)C2)c1. The fraction of sp³-hybridized carbons (Fsp3) is 0.562. The van der Waals surface area contributed by atoms with E-state index in [2.05, 4.69) is 23.2 Å². The zero-order valence-corrected chi connectivity index (χ0v) is 12.6. The van der Waals surface area contributed by atoms with E-state index >= 15 is 0 Å². The Kier molecular flexibility index (Phi) is 4.78. The van der Waals surface area contributed by atoms with E-state index in [4.69, 9.17) is 5.73 Å². The number of aryl methyl sites for hydroxylation is 2. The minimum Gasteiger partial charge on any atom is -0.326 e. The van der Waals surface area contributed by atoms with Crippen molar-refractivity contribution in [1.82, 2.24) is 4.90 Å². The van der Waals surface area contributed by atoms with Crippen molar-refractivity contribution in [3.05, 3.63) is 29.3 Å². The number of nitrogens with one attached hydrogen (secondary N) is 1. The lowest BCUT2D eigenvalue weighted by Crippen LogP contribution is -2.49. The first-order chi connectivity index (χ1) is 9.45. The molecular weight excluding hydrogens is 250 g/mol. The lowest BCUT2D eigenvalue weighted by molar-refractivity contribution is -0.117. The molecule has 20 heavy (non-hydrogen) atoms. The van der Waals surface area contributed by atoms with Crippen LogP contribution in [0.4, 0.5) is 5.69 Å². The number of benzene rings is 1. The van der Waals surface area contributed by atoms with E-state index < -0.39 is 0 Å². The van der Waals surface area contributed by atoms with Crippen LogP contribution in [0.1, 0.15) is 24.5 Å². The van der Waals surface area contributed by atoms with Gasteiger partial charge in [0.05, 0.1) is 6.54 Å². The second-order valence-corrected chi connectivity index (χ2v) is 6.03. The van der Waals surface area contributed by atoms with Crippen LogP contribution < -0.4 is 11.1 Å². The minimum atomic E-state index is 0.0421. The Bertz CT molecular complexity index is 487. The molecule has 1 heterocycles. The van der Waals surface area contributed by atoms with Gasteiger partial charge in [-0.15, -0.1) is 0 Å². The quantitative estimate of drug-likeness (QED) is 0.886. The Morgan fingerprint density at radius 1 is 1.45 bits per heavy atom. The summed E-state index contributed by atoms with van der Waals surface area (Å²) in [5, 5.41) is 3.00. The normalized spacial score (nSPS) is 23.6. The summed E-state index contributed by atoms with van der Waals surface area (Å²) in [4.78, 5) is 14.3. The number of piperidine rings is 1. The third-order valence-corrected chi connectivity index (χ3v) is 4.13. The summed E-state index contributed by atoms with van der Waals surface area (Å²) in [6.45, 7) is 8.40. The highest BCUT2D eigenvalue weighted by atomic mass is 16.2. The minimum absolute atomic E-state index is 0.0421. The van der Waals surface area contributed by atoms with Gasteiger partial charge in [0, 0.05) is 18.3 Å².